The maximum atomic E-state index is 11.9. The van der Waals surface area contributed by atoms with Gasteiger partial charge in [0.15, 0.2) is 0 Å². The normalized spacial score (nSPS) is 21.4. The fraction of sp³-hybridized carbons (Fsp3) is 0.929. The molecule has 1 saturated heterocycles. The van der Waals surface area contributed by atoms with Crippen molar-refractivity contribution in [3.8, 4) is 0 Å². The van der Waals surface area contributed by atoms with Gasteiger partial charge in [-0.15, -0.1) is 0 Å². The average molecular weight is 270 g/mol. The van der Waals surface area contributed by atoms with Crippen molar-refractivity contribution in [2.45, 2.75) is 39.3 Å². The van der Waals surface area contributed by atoms with E-state index in [9.17, 15) is 4.79 Å². The maximum absolute atomic E-state index is 11.9. The first-order chi connectivity index (χ1) is 8.90. The Bertz CT molecular complexity index is 275. The third-order valence-corrected chi connectivity index (χ3v) is 3.80. The van der Waals surface area contributed by atoms with Crippen LogP contribution >= 0.6 is 0 Å². The zero-order chi connectivity index (χ0) is 14.4. The summed E-state index contributed by atoms with van der Waals surface area (Å²) in [5.74, 6) is 0.436. The summed E-state index contributed by atoms with van der Waals surface area (Å²) in [6, 6.07) is 0.00332. The Kier molecular flexibility index (Phi) is 6.75. The van der Waals surface area contributed by atoms with Crippen molar-refractivity contribution in [3.63, 3.8) is 0 Å². The lowest BCUT2D eigenvalue weighted by atomic mass is 10.0. The van der Waals surface area contributed by atoms with Crippen molar-refractivity contribution in [3.05, 3.63) is 0 Å². The Morgan fingerprint density at radius 2 is 1.79 bits per heavy atom. The number of piperazine rings is 1. The lowest BCUT2D eigenvalue weighted by Gasteiger charge is -2.36. The number of nitrogens with one attached hydrogen (secondary N) is 1. The predicted octanol–water partition coefficient (Wildman–Crippen LogP) is 0.112. The molecule has 0 aliphatic carbocycles. The van der Waals surface area contributed by atoms with Crippen LogP contribution in [0.25, 0.3) is 0 Å². The molecule has 0 aromatic carbocycles. The van der Waals surface area contributed by atoms with Crippen LogP contribution in [0.15, 0.2) is 0 Å². The second kappa shape index (κ2) is 7.82. The Labute approximate surface area is 117 Å². The van der Waals surface area contributed by atoms with Gasteiger partial charge in [-0.1, -0.05) is 13.8 Å². The SMILES string of the molecule is CC(C)C[C@H](N)C(=O)NCC(C)N1CCN(C)CC1. The minimum Gasteiger partial charge on any atom is -0.353 e. The predicted molar refractivity (Wildman–Crippen MR) is 79.0 cm³/mol. The smallest absolute Gasteiger partial charge is 0.236 e. The number of hydrogen-bond donors (Lipinski definition) is 2. The van der Waals surface area contributed by atoms with Crippen molar-refractivity contribution >= 4 is 5.91 Å². The van der Waals surface area contributed by atoms with Gasteiger partial charge in [0.25, 0.3) is 0 Å². The van der Waals surface area contributed by atoms with E-state index >= 15 is 0 Å². The van der Waals surface area contributed by atoms with Crippen LogP contribution in [0.5, 0.6) is 0 Å². The van der Waals surface area contributed by atoms with Crippen molar-refractivity contribution < 1.29 is 4.79 Å². The number of carbonyl (C=O) groups excluding carboxylic acids is 1. The second-order valence-corrected chi connectivity index (χ2v) is 6.17. The van der Waals surface area contributed by atoms with Gasteiger partial charge in [-0.3, -0.25) is 9.69 Å². The third-order valence-electron chi connectivity index (χ3n) is 3.80. The molecule has 2 atom stereocenters. The fourth-order valence-corrected chi connectivity index (χ4v) is 2.39. The van der Waals surface area contributed by atoms with Gasteiger partial charge in [-0.05, 0) is 26.3 Å². The monoisotopic (exact) mass is 270 g/mol. The van der Waals surface area contributed by atoms with Gasteiger partial charge in [-0.25, -0.2) is 0 Å². The molecule has 0 radical (unpaired) electrons. The molecule has 5 nitrogen and oxygen atoms in total. The van der Waals surface area contributed by atoms with E-state index in [4.69, 9.17) is 5.73 Å². The largest absolute Gasteiger partial charge is 0.353 e. The highest BCUT2D eigenvalue weighted by molar-refractivity contribution is 5.81. The first-order valence-electron chi connectivity index (χ1n) is 7.36. The molecule has 1 aliphatic heterocycles. The summed E-state index contributed by atoms with van der Waals surface area (Å²) < 4.78 is 0. The molecule has 5 heteroatoms. The van der Waals surface area contributed by atoms with Gasteiger partial charge in [0, 0.05) is 38.8 Å². The van der Waals surface area contributed by atoms with Crippen LogP contribution < -0.4 is 11.1 Å². The molecule has 1 heterocycles. The molecule has 112 valence electrons. The molecule has 1 unspecified atom stereocenters. The van der Waals surface area contributed by atoms with E-state index in [2.05, 4.69) is 42.9 Å². The molecule has 19 heavy (non-hydrogen) atoms. The molecule has 0 spiro atoms. The number of amides is 1. The molecule has 1 rings (SSSR count). The zero-order valence-electron chi connectivity index (χ0n) is 12.9. The van der Waals surface area contributed by atoms with Crippen LogP contribution in [0, 0.1) is 5.92 Å². The van der Waals surface area contributed by atoms with E-state index in [0.717, 1.165) is 32.6 Å². The van der Waals surface area contributed by atoms with Crippen LogP contribution in [0.4, 0.5) is 0 Å². The number of likely N-dealkylation sites (N-methyl/N-ethyl adjacent to an activating group) is 1. The van der Waals surface area contributed by atoms with Crippen LogP contribution in [0.1, 0.15) is 27.2 Å². The summed E-state index contributed by atoms with van der Waals surface area (Å²) in [7, 11) is 2.15. The van der Waals surface area contributed by atoms with E-state index < -0.39 is 0 Å². The highest BCUT2D eigenvalue weighted by Gasteiger charge is 2.20. The molecule has 0 bridgehead atoms. The van der Waals surface area contributed by atoms with E-state index in [1.54, 1.807) is 0 Å². The van der Waals surface area contributed by atoms with Crippen molar-refractivity contribution in [1.29, 1.82) is 0 Å². The lowest BCUT2D eigenvalue weighted by Crippen LogP contribution is -2.52. The number of nitrogens with zero attached hydrogens (tertiary/aromatic N) is 2. The number of hydrogen-bond acceptors (Lipinski definition) is 4. The van der Waals surface area contributed by atoms with Crippen molar-refractivity contribution in [2.75, 3.05) is 39.8 Å². The Morgan fingerprint density at radius 1 is 1.21 bits per heavy atom. The summed E-state index contributed by atoms with van der Waals surface area (Å²) in [5, 5.41) is 2.98. The quantitative estimate of drug-likeness (QED) is 0.719. The van der Waals surface area contributed by atoms with Crippen LogP contribution in [-0.2, 0) is 4.79 Å². The van der Waals surface area contributed by atoms with Gasteiger partial charge in [0.2, 0.25) is 5.91 Å². The average Bonchev–Trinajstić information content (AvgIpc) is 2.35. The molecular formula is C14H30N4O. The fourth-order valence-electron chi connectivity index (χ4n) is 2.39. The van der Waals surface area contributed by atoms with E-state index in [0.29, 0.717) is 18.5 Å². The van der Waals surface area contributed by atoms with E-state index in [1.807, 2.05) is 0 Å². The summed E-state index contributed by atoms with van der Waals surface area (Å²) in [4.78, 5) is 16.6. The molecule has 3 N–H and O–H groups in total. The van der Waals surface area contributed by atoms with Crippen molar-refractivity contribution in [2.24, 2.45) is 11.7 Å². The topological polar surface area (TPSA) is 61.6 Å². The standard InChI is InChI=1S/C14H30N4O/c1-11(2)9-13(15)14(19)16-10-12(3)18-7-5-17(4)6-8-18/h11-13H,5-10,15H2,1-4H3,(H,16,19)/t12?,13-/m0/s1. The minimum absolute atomic E-state index is 0.0188. The lowest BCUT2D eigenvalue weighted by molar-refractivity contribution is -0.122. The molecule has 1 fully saturated rings. The van der Waals surface area contributed by atoms with E-state index in [1.165, 1.54) is 0 Å². The minimum atomic E-state index is -0.375. The molecule has 1 amide bonds. The Balaban J connectivity index is 2.25. The Hall–Kier alpha value is -0.650. The van der Waals surface area contributed by atoms with Crippen molar-refractivity contribution in [1.82, 2.24) is 15.1 Å². The highest BCUT2D eigenvalue weighted by atomic mass is 16.2. The van der Waals surface area contributed by atoms with Crippen LogP contribution in [0.3, 0.4) is 0 Å². The summed E-state index contributed by atoms with van der Waals surface area (Å²) in [5.41, 5.74) is 5.87. The first-order valence-corrected chi connectivity index (χ1v) is 7.36. The third kappa shape index (κ3) is 5.89. The number of carbonyl (C=O) groups is 1. The first kappa shape index (κ1) is 16.4. The van der Waals surface area contributed by atoms with Gasteiger partial charge in [0.05, 0.1) is 6.04 Å². The molecular weight excluding hydrogens is 240 g/mol. The zero-order valence-corrected chi connectivity index (χ0v) is 12.9. The number of rotatable bonds is 6. The Morgan fingerprint density at radius 3 is 2.32 bits per heavy atom. The van der Waals surface area contributed by atoms with Gasteiger partial charge >= 0.3 is 0 Å². The van der Waals surface area contributed by atoms with Crippen LogP contribution in [0.2, 0.25) is 0 Å². The second-order valence-electron chi connectivity index (χ2n) is 6.17. The number of nitrogens with two attached hydrogens (primary N) is 1. The van der Waals surface area contributed by atoms with E-state index in [-0.39, 0.29) is 11.9 Å². The van der Waals surface area contributed by atoms with Gasteiger partial charge in [-0.2, -0.15) is 0 Å². The van der Waals surface area contributed by atoms with Crippen LogP contribution in [-0.4, -0.2) is 67.6 Å². The highest BCUT2D eigenvalue weighted by Crippen LogP contribution is 2.05. The summed E-state index contributed by atoms with van der Waals surface area (Å²) in [6.45, 7) is 11.4. The molecule has 0 aromatic rings. The van der Waals surface area contributed by atoms with Gasteiger partial charge in [0.1, 0.15) is 0 Å². The molecule has 0 aromatic heterocycles. The summed E-state index contributed by atoms with van der Waals surface area (Å²) in [6.07, 6.45) is 0.745. The maximum Gasteiger partial charge on any atom is 0.236 e. The molecule has 0 saturated carbocycles. The molecule has 1 aliphatic rings. The van der Waals surface area contributed by atoms with Gasteiger partial charge < -0.3 is 16.0 Å². The summed E-state index contributed by atoms with van der Waals surface area (Å²) >= 11 is 0.